The van der Waals surface area contributed by atoms with Gasteiger partial charge < -0.3 is 27.5 Å². The van der Waals surface area contributed by atoms with E-state index in [1.54, 1.807) is 48.5 Å². The Morgan fingerprint density at radius 3 is 1.17 bits per heavy atom. The highest BCUT2D eigenvalue weighted by Gasteiger charge is 2.18. The average molecular weight is 645 g/mol. The Morgan fingerprint density at radius 2 is 0.812 bits per heavy atom. The van der Waals surface area contributed by atoms with E-state index in [0.717, 1.165) is 37.6 Å². The molecule has 0 unspecified atom stereocenters. The van der Waals surface area contributed by atoms with Crippen LogP contribution in [-0.4, -0.2) is 26.2 Å². The molecule has 0 N–H and O–H groups in total. The second kappa shape index (κ2) is 12.0. The van der Waals surface area contributed by atoms with Gasteiger partial charge in [-0.05, 0) is 75.2 Å². The summed E-state index contributed by atoms with van der Waals surface area (Å²) in [5.41, 5.74) is 1.49. The zero-order valence-electron chi connectivity index (χ0n) is 26.9. The lowest BCUT2D eigenvalue weighted by Crippen LogP contribution is -2.21. The molecule has 0 amide bonds. The van der Waals surface area contributed by atoms with Gasteiger partial charge in [-0.2, -0.15) is 0 Å². The Kier molecular flexibility index (Phi) is 7.71. The maximum atomic E-state index is 13.2. The molecule has 0 radical (unpaired) electrons. The first-order chi connectivity index (χ1) is 23.2. The third-order valence-electron chi connectivity index (χ3n) is 8.92. The summed E-state index contributed by atoms with van der Waals surface area (Å²) in [6, 6.07) is 20.4. The molecule has 10 heteroatoms. The molecule has 0 fully saturated rings. The van der Waals surface area contributed by atoms with Crippen LogP contribution >= 0.6 is 0 Å². The van der Waals surface area contributed by atoms with E-state index < -0.39 is 22.5 Å². The fourth-order valence-corrected chi connectivity index (χ4v) is 6.32. The standard InChI is InChI=1S/C38H32N2O8/c1-5-39(6-2)23-13-15-25-31(17-23)45-37(43)29-19-27(35(41)47-33(25)29)21-9-11-22(12-10-21)28-20-30-34(48-36(28)42)26-16-14-24(40(7-3)8-4)18-32(26)46-38(30)44/h9-20H,5-8H2,1-4H3. The fraction of sp³-hybridized carbons (Fsp3) is 0.211. The molecular formula is C38H32N2O8. The largest absolute Gasteiger partial charge is 0.422 e. The minimum atomic E-state index is -0.631. The third kappa shape index (κ3) is 5.06. The summed E-state index contributed by atoms with van der Waals surface area (Å²) in [7, 11) is 0. The van der Waals surface area contributed by atoms with E-state index in [-0.39, 0.29) is 33.1 Å². The third-order valence-corrected chi connectivity index (χ3v) is 8.92. The van der Waals surface area contributed by atoms with Gasteiger partial charge in [0.15, 0.2) is 11.2 Å². The topological polar surface area (TPSA) is 127 Å². The minimum absolute atomic E-state index is 0.134. The van der Waals surface area contributed by atoms with Crippen molar-refractivity contribution in [2.75, 3.05) is 36.0 Å². The maximum absolute atomic E-state index is 13.2. The van der Waals surface area contributed by atoms with Gasteiger partial charge in [0.05, 0.1) is 21.9 Å². The Balaban J connectivity index is 1.27. The minimum Gasteiger partial charge on any atom is -0.422 e. The van der Waals surface area contributed by atoms with E-state index >= 15 is 0 Å². The molecule has 7 aromatic rings. The molecule has 0 bridgehead atoms. The molecule has 0 aliphatic rings. The van der Waals surface area contributed by atoms with Gasteiger partial charge in [-0.3, -0.25) is 0 Å². The van der Waals surface area contributed by atoms with Crippen LogP contribution in [0.1, 0.15) is 27.7 Å². The van der Waals surface area contributed by atoms with Crippen molar-refractivity contribution in [1.82, 2.24) is 0 Å². The smallest absolute Gasteiger partial charge is 0.347 e. The van der Waals surface area contributed by atoms with Crippen LogP contribution in [0.5, 0.6) is 0 Å². The van der Waals surface area contributed by atoms with Gasteiger partial charge >= 0.3 is 22.5 Å². The van der Waals surface area contributed by atoms with Crippen LogP contribution in [0.4, 0.5) is 11.4 Å². The normalized spacial score (nSPS) is 11.6. The number of benzene rings is 3. The summed E-state index contributed by atoms with van der Waals surface area (Å²) in [6.07, 6.45) is 0. The number of nitrogens with zero attached hydrogens (tertiary/aromatic N) is 2. The Morgan fingerprint density at radius 1 is 0.438 bits per heavy atom. The predicted molar refractivity (Wildman–Crippen MR) is 189 cm³/mol. The first kappa shape index (κ1) is 30.7. The number of rotatable bonds is 8. The lowest BCUT2D eigenvalue weighted by molar-refractivity contribution is 0.543. The van der Waals surface area contributed by atoms with Crippen molar-refractivity contribution in [1.29, 1.82) is 0 Å². The van der Waals surface area contributed by atoms with E-state index in [1.807, 2.05) is 39.8 Å². The van der Waals surface area contributed by atoms with Gasteiger partial charge in [0, 0.05) is 49.7 Å². The summed E-state index contributed by atoms with van der Waals surface area (Å²) in [5.74, 6) is 0. The number of hydrogen-bond acceptors (Lipinski definition) is 10. The fourth-order valence-electron chi connectivity index (χ4n) is 6.32. The molecule has 4 aromatic heterocycles. The van der Waals surface area contributed by atoms with Crippen molar-refractivity contribution in [3.63, 3.8) is 0 Å². The van der Waals surface area contributed by atoms with Crippen LogP contribution in [0.25, 0.3) is 66.1 Å². The molecule has 10 nitrogen and oxygen atoms in total. The SMILES string of the molecule is CCN(CC)c1ccc2c(c1)oc(=O)c1cc(-c3ccc(-c4cc5c(=O)oc6cc(N(CC)CC)ccc6c5oc4=O)cc3)c(=O)oc12. The van der Waals surface area contributed by atoms with Gasteiger partial charge in [-0.15, -0.1) is 0 Å². The molecule has 242 valence electrons. The number of anilines is 2. The Bertz CT molecular complexity index is 2420. The first-order valence-electron chi connectivity index (χ1n) is 15.9. The lowest BCUT2D eigenvalue weighted by Gasteiger charge is -2.21. The molecule has 7 rings (SSSR count). The lowest BCUT2D eigenvalue weighted by atomic mass is 10.0. The average Bonchev–Trinajstić information content (AvgIpc) is 3.09. The molecule has 4 heterocycles. The molecule has 0 saturated carbocycles. The Hall–Kier alpha value is -5.90. The van der Waals surface area contributed by atoms with Crippen molar-refractivity contribution < 1.29 is 17.7 Å². The van der Waals surface area contributed by atoms with Crippen molar-refractivity contribution in [3.8, 4) is 22.3 Å². The van der Waals surface area contributed by atoms with Gasteiger partial charge in [0.1, 0.15) is 21.9 Å². The van der Waals surface area contributed by atoms with E-state index in [1.165, 1.54) is 12.1 Å². The summed E-state index contributed by atoms with van der Waals surface area (Å²) < 4.78 is 22.7. The molecular weight excluding hydrogens is 612 g/mol. The van der Waals surface area contributed by atoms with Gasteiger partial charge in [0.2, 0.25) is 0 Å². The van der Waals surface area contributed by atoms with Crippen molar-refractivity contribution in [3.05, 3.63) is 114 Å². The molecule has 0 saturated heterocycles. The van der Waals surface area contributed by atoms with Crippen molar-refractivity contribution in [2.24, 2.45) is 0 Å². The zero-order valence-corrected chi connectivity index (χ0v) is 26.9. The molecule has 0 aliphatic carbocycles. The molecule has 48 heavy (non-hydrogen) atoms. The van der Waals surface area contributed by atoms with Crippen molar-refractivity contribution >= 4 is 55.3 Å². The van der Waals surface area contributed by atoms with E-state index in [2.05, 4.69) is 9.80 Å². The van der Waals surface area contributed by atoms with Crippen molar-refractivity contribution in [2.45, 2.75) is 27.7 Å². The second-order valence-corrected chi connectivity index (χ2v) is 11.4. The summed E-state index contributed by atoms with van der Waals surface area (Å²) >= 11 is 0. The van der Waals surface area contributed by atoms with Crippen LogP contribution in [0.3, 0.4) is 0 Å². The highest BCUT2D eigenvalue weighted by atomic mass is 16.4. The van der Waals surface area contributed by atoms with Crippen LogP contribution in [0, 0.1) is 0 Å². The molecule has 0 spiro atoms. The predicted octanol–water partition coefficient (Wildman–Crippen LogP) is 7.14. The van der Waals surface area contributed by atoms with Gasteiger partial charge in [-0.25, -0.2) is 19.2 Å². The monoisotopic (exact) mass is 644 g/mol. The number of hydrogen-bond donors (Lipinski definition) is 0. The number of fused-ring (bicyclic) bond motifs is 6. The second-order valence-electron chi connectivity index (χ2n) is 11.4. The van der Waals surface area contributed by atoms with E-state index in [4.69, 9.17) is 17.7 Å². The molecule has 0 aliphatic heterocycles. The zero-order chi connectivity index (χ0) is 33.7. The van der Waals surface area contributed by atoms with E-state index in [9.17, 15) is 19.2 Å². The van der Waals surface area contributed by atoms with E-state index in [0.29, 0.717) is 33.1 Å². The first-order valence-corrected chi connectivity index (χ1v) is 15.9. The van der Waals surface area contributed by atoms with Crippen LogP contribution in [0.2, 0.25) is 0 Å². The quantitative estimate of drug-likeness (QED) is 0.124. The highest BCUT2D eigenvalue weighted by Crippen LogP contribution is 2.31. The summed E-state index contributed by atoms with van der Waals surface area (Å²) in [4.78, 5) is 56.8. The van der Waals surface area contributed by atoms with Crippen LogP contribution in [-0.2, 0) is 0 Å². The summed E-state index contributed by atoms with van der Waals surface area (Å²) in [6.45, 7) is 11.3. The van der Waals surface area contributed by atoms with Crippen LogP contribution in [0.15, 0.2) is 110 Å². The maximum Gasteiger partial charge on any atom is 0.347 e. The van der Waals surface area contributed by atoms with Crippen LogP contribution < -0.4 is 32.3 Å². The van der Waals surface area contributed by atoms with Gasteiger partial charge in [-0.1, -0.05) is 24.3 Å². The highest BCUT2D eigenvalue weighted by molar-refractivity contribution is 6.03. The Labute approximate surface area is 273 Å². The summed E-state index contributed by atoms with van der Waals surface area (Å²) in [5, 5.41) is 1.30. The van der Waals surface area contributed by atoms with Gasteiger partial charge in [0.25, 0.3) is 0 Å². The molecule has 0 atom stereocenters. The molecule has 3 aromatic carbocycles.